The Hall–Kier alpha value is -2.62. The summed E-state index contributed by atoms with van der Waals surface area (Å²) >= 11 is 0. The van der Waals surface area contributed by atoms with Crippen molar-refractivity contribution in [2.45, 2.75) is 33.1 Å². The highest BCUT2D eigenvalue weighted by molar-refractivity contribution is 5.92. The SMILES string of the molecule is CC(C)Cc1ccc([C@@H](C)C(=O)O)cc1.NC(=O)c1ccccc1. The number of amides is 1. The predicted octanol–water partition coefficient (Wildman–Crippen LogP) is 3.86. The number of hydrogen-bond acceptors (Lipinski definition) is 2. The van der Waals surface area contributed by atoms with Crippen molar-refractivity contribution in [3.63, 3.8) is 0 Å². The van der Waals surface area contributed by atoms with E-state index < -0.39 is 11.9 Å². The molecule has 0 aliphatic rings. The molecule has 4 heteroatoms. The van der Waals surface area contributed by atoms with Crippen LogP contribution < -0.4 is 5.73 Å². The molecule has 2 rings (SSSR count). The van der Waals surface area contributed by atoms with Crippen molar-refractivity contribution in [2.24, 2.45) is 11.7 Å². The van der Waals surface area contributed by atoms with Gasteiger partial charge in [0.05, 0.1) is 5.92 Å². The molecule has 0 fully saturated rings. The fourth-order valence-electron chi connectivity index (χ4n) is 2.16. The monoisotopic (exact) mass is 327 g/mol. The quantitative estimate of drug-likeness (QED) is 0.875. The number of primary amides is 1. The molecule has 0 radical (unpaired) electrons. The number of carbonyl (C=O) groups is 2. The van der Waals surface area contributed by atoms with Crippen molar-refractivity contribution in [1.82, 2.24) is 0 Å². The van der Waals surface area contributed by atoms with Gasteiger partial charge in [-0.05, 0) is 42.5 Å². The highest BCUT2D eigenvalue weighted by atomic mass is 16.4. The standard InChI is InChI=1S/C13H18O2.C7H7NO/c1-9(2)8-11-4-6-12(7-5-11)10(3)13(14)15;8-7(9)6-4-2-1-3-5-6/h4-7,9-10H,8H2,1-3H3,(H,14,15);1-5H,(H2,8,9)/t10-;/m1./s1. The van der Waals surface area contributed by atoms with Gasteiger partial charge >= 0.3 is 5.97 Å². The van der Waals surface area contributed by atoms with Crippen LogP contribution in [0.1, 0.15) is 48.2 Å². The summed E-state index contributed by atoms with van der Waals surface area (Å²) < 4.78 is 0. The van der Waals surface area contributed by atoms with Gasteiger partial charge in [0, 0.05) is 5.56 Å². The minimum Gasteiger partial charge on any atom is -0.481 e. The third-order valence-electron chi connectivity index (χ3n) is 3.55. The molecule has 128 valence electrons. The first-order chi connectivity index (χ1) is 11.3. The predicted molar refractivity (Wildman–Crippen MR) is 96.0 cm³/mol. The molecule has 4 nitrogen and oxygen atoms in total. The second-order valence-electron chi connectivity index (χ2n) is 6.13. The average molecular weight is 327 g/mol. The Kier molecular flexibility index (Phi) is 7.69. The van der Waals surface area contributed by atoms with E-state index in [1.807, 2.05) is 30.3 Å². The summed E-state index contributed by atoms with van der Waals surface area (Å²) in [5, 5.41) is 8.85. The summed E-state index contributed by atoms with van der Waals surface area (Å²) in [4.78, 5) is 21.2. The van der Waals surface area contributed by atoms with E-state index in [9.17, 15) is 9.59 Å². The molecule has 2 aromatic rings. The molecular weight excluding hydrogens is 302 g/mol. The van der Waals surface area contributed by atoms with Crippen molar-refractivity contribution in [3.8, 4) is 0 Å². The number of nitrogens with two attached hydrogens (primary N) is 1. The van der Waals surface area contributed by atoms with E-state index in [1.165, 1.54) is 5.56 Å². The van der Waals surface area contributed by atoms with Gasteiger partial charge in [0.15, 0.2) is 0 Å². The summed E-state index contributed by atoms with van der Waals surface area (Å²) in [6.45, 7) is 6.06. The molecule has 0 heterocycles. The first-order valence-corrected chi connectivity index (χ1v) is 7.97. The van der Waals surface area contributed by atoms with Crippen LogP contribution >= 0.6 is 0 Å². The van der Waals surface area contributed by atoms with Gasteiger partial charge in [-0.2, -0.15) is 0 Å². The Morgan fingerprint density at radius 3 is 1.88 bits per heavy atom. The zero-order valence-electron chi connectivity index (χ0n) is 14.4. The van der Waals surface area contributed by atoms with E-state index in [0.717, 1.165) is 12.0 Å². The molecule has 1 atom stereocenters. The van der Waals surface area contributed by atoms with Crippen LogP contribution in [0.3, 0.4) is 0 Å². The summed E-state index contributed by atoms with van der Waals surface area (Å²) in [6.07, 6.45) is 1.04. The summed E-state index contributed by atoms with van der Waals surface area (Å²) in [6, 6.07) is 16.6. The molecular formula is C20H25NO3. The fraction of sp³-hybridized carbons (Fsp3) is 0.300. The summed E-state index contributed by atoms with van der Waals surface area (Å²) in [5.41, 5.74) is 7.67. The topological polar surface area (TPSA) is 80.4 Å². The molecule has 0 aliphatic heterocycles. The Morgan fingerprint density at radius 2 is 1.50 bits per heavy atom. The maximum Gasteiger partial charge on any atom is 0.310 e. The number of aliphatic carboxylic acids is 1. The van der Waals surface area contributed by atoms with Crippen LogP contribution in [0, 0.1) is 5.92 Å². The molecule has 0 bridgehead atoms. The number of hydrogen-bond donors (Lipinski definition) is 2. The zero-order valence-corrected chi connectivity index (χ0v) is 14.4. The van der Waals surface area contributed by atoms with Crippen molar-refractivity contribution >= 4 is 11.9 Å². The lowest BCUT2D eigenvalue weighted by Gasteiger charge is -2.09. The summed E-state index contributed by atoms with van der Waals surface area (Å²) in [7, 11) is 0. The highest BCUT2D eigenvalue weighted by Crippen LogP contribution is 2.17. The lowest BCUT2D eigenvalue weighted by atomic mass is 9.97. The van der Waals surface area contributed by atoms with Crippen LogP contribution in [0.5, 0.6) is 0 Å². The zero-order chi connectivity index (χ0) is 18.1. The van der Waals surface area contributed by atoms with E-state index >= 15 is 0 Å². The van der Waals surface area contributed by atoms with Crippen LogP contribution in [0.15, 0.2) is 54.6 Å². The number of carbonyl (C=O) groups excluding carboxylic acids is 1. The Labute approximate surface area is 143 Å². The van der Waals surface area contributed by atoms with Crippen molar-refractivity contribution in [3.05, 3.63) is 71.3 Å². The number of benzene rings is 2. The second kappa shape index (κ2) is 9.50. The maximum atomic E-state index is 10.8. The molecule has 2 aromatic carbocycles. The number of carboxylic acid groups (broad SMARTS) is 1. The van der Waals surface area contributed by atoms with Crippen LogP contribution in [0.25, 0.3) is 0 Å². The van der Waals surface area contributed by atoms with Gasteiger partial charge in [-0.1, -0.05) is 56.3 Å². The third-order valence-corrected chi connectivity index (χ3v) is 3.55. The molecule has 0 saturated heterocycles. The van der Waals surface area contributed by atoms with Gasteiger partial charge in [-0.25, -0.2) is 0 Å². The molecule has 0 unspecified atom stereocenters. The van der Waals surface area contributed by atoms with Crippen LogP contribution in [0.2, 0.25) is 0 Å². The molecule has 3 N–H and O–H groups in total. The van der Waals surface area contributed by atoms with Gasteiger partial charge in [-0.15, -0.1) is 0 Å². The minimum absolute atomic E-state index is 0.379. The average Bonchev–Trinajstić information content (AvgIpc) is 2.55. The van der Waals surface area contributed by atoms with E-state index in [2.05, 4.69) is 13.8 Å². The second-order valence-corrected chi connectivity index (χ2v) is 6.13. The van der Waals surface area contributed by atoms with Crippen molar-refractivity contribution in [2.75, 3.05) is 0 Å². The summed E-state index contributed by atoms with van der Waals surface area (Å²) in [5.74, 6) is -0.937. The van der Waals surface area contributed by atoms with Gasteiger partial charge in [0.25, 0.3) is 0 Å². The van der Waals surface area contributed by atoms with E-state index in [-0.39, 0.29) is 5.91 Å². The lowest BCUT2D eigenvalue weighted by molar-refractivity contribution is -0.138. The fourth-order valence-corrected chi connectivity index (χ4v) is 2.16. The van der Waals surface area contributed by atoms with Gasteiger partial charge in [-0.3, -0.25) is 9.59 Å². The lowest BCUT2D eigenvalue weighted by Crippen LogP contribution is -2.09. The van der Waals surface area contributed by atoms with Crippen molar-refractivity contribution < 1.29 is 14.7 Å². The van der Waals surface area contributed by atoms with Gasteiger partial charge in [0.1, 0.15) is 0 Å². The van der Waals surface area contributed by atoms with Gasteiger partial charge in [0.2, 0.25) is 5.91 Å². The first-order valence-electron chi connectivity index (χ1n) is 7.97. The van der Waals surface area contributed by atoms with Crippen LogP contribution in [-0.2, 0) is 11.2 Å². The van der Waals surface area contributed by atoms with E-state index in [4.69, 9.17) is 10.8 Å². The van der Waals surface area contributed by atoms with E-state index in [1.54, 1.807) is 31.2 Å². The molecule has 1 amide bonds. The molecule has 24 heavy (non-hydrogen) atoms. The van der Waals surface area contributed by atoms with Crippen LogP contribution in [0.4, 0.5) is 0 Å². The Morgan fingerprint density at radius 1 is 0.958 bits per heavy atom. The Bertz CT molecular complexity index is 648. The third kappa shape index (κ3) is 6.65. The van der Waals surface area contributed by atoms with E-state index in [0.29, 0.717) is 11.5 Å². The smallest absolute Gasteiger partial charge is 0.310 e. The largest absolute Gasteiger partial charge is 0.481 e. The highest BCUT2D eigenvalue weighted by Gasteiger charge is 2.12. The number of carboxylic acids is 1. The van der Waals surface area contributed by atoms with Gasteiger partial charge < -0.3 is 10.8 Å². The first kappa shape index (κ1) is 19.4. The maximum absolute atomic E-state index is 10.8. The molecule has 0 spiro atoms. The minimum atomic E-state index is -0.772. The van der Waals surface area contributed by atoms with Crippen molar-refractivity contribution in [1.29, 1.82) is 0 Å². The molecule has 0 saturated carbocycles. The molecule has 0 aromatic heterocycles. The van der Waals surface area contributed by atoms with Crippen LogP contribution in [-0.4, -0.2) is 17.0 Å². The Balaban J connectivity index is 0.000000272. The normalized spacial score (nSPS) is 11.3. The molecule has 0 aliphatic carbocycles. The number of rotatable bonds is 5.